The fourth-order valence-electron chi connectivity index (χ4n) is 3.84. The lowest BCUT2D eigenvalue weighted by Gasteiger charge is -2.37. The van der Waals surface area contributed by atoms with Crippen LogP contribution in [0.2, 0.25) is 0 Å². The van der Waals surface area contributed by atoms with Crippen molar-refractivity contribution in [1.29, 1.82) is 0 Å². The summed E-state index contributed by atoms with van der Waals surface area (Å²) in [5, 5.41) is 0. The van der Waals surface area contributed by atoms with E-state index < -0.39 is 0 Å². The van der Waals surface area contributed by atoms with Crippen molar-refractivity contribution < 1.29 is 4.74 Å². The van der Waals surface area contributed by atoms with Gasteiger partial charge in [-0.3, -0.25) is 0 Å². The third-order valence-electron chi connectivity index (χ3n) is 5.26. The Morgan fingerprint density at radius 3 is 2.00 bits per heavy atom. The Morgan fingerprint density at radius 1 is 0.833 bits per heavy atom. The standard InChI is InChI=1S/C17H32O/c1-17(2,16-11-7-4-8-12-16)14-18-13-15-9-5-3-6-10-15/h15-16H,3-14H2,1-2H3. The molecule has 1 heteroatoms. The van der Waals surface area contributed by atoms with Gasteiger partial charge in [0, 0.05) is 6.61 Å². The zero-order valence-electron chi connectivity index (χ0n) is 12.5. The maximum atomic E-state index is 6.09. The van der Waals surface area contributed by atoms with E-state index >= 15 is 0 Å². The number of hydrogen-bond donors (Lipinski definition) is 0. The van der Waals surface area contributed by atoms with E-state index in [1.807, 2.05) is 0 Å². The molecule has 0 heterocycles. The second-order valence-corrected chi connectivity index (χ2v) is 7.34. The van der Waals surface area contributed by atoms with Crippen LogP contribution in [0.25, 0.3) is 0 Å². The van der Waals surface area contributed by atoms with Crippen LogP contribution < -0.4 is 0 Å². The molecule has 2 fully saturated rings. The summed E-state index contributed by atoms with van der Waals surface area (Å²) in [6.07, 6.45) is 14.3. The molecule has 18 heavy (non-hydrogen) atoms. The third kappa shape index (κ3) is 4.26. The van der Waals surface area contributed by atoms with E-state index in [2.05, 4.69) is 13.8 Å². The first-order valence-electron chi connectivity index (χ1n) is 8.26. The number of ether oxygens (including phenoxy) is 1. The van der Waals surface area contributed by atoms with E-state index in [4.69, 9.17) is 4.74 Å². The number of hydrogen-bond acceptors (Lipinski definition) is 1. The Labute approximate surface area is 114 Å². The SMILES string of the molecule is CC(C)(COCC1CCCCC1)C1CCCCC1. The summed E-state index contributed by atoms with van der Waals surface area (Å²) in [4.78, 5) is 0. The molecule has 0 bridgehead atoms. The van der Waals surface area contributed by atoms with Gasteiger partial charge in [-0.2, -0.15) is 0 Å². The molecule has 0 atom stereocenters. The van der Waals surface area contributed by atoms with Crippen LogP contribution in [0.1, 0.15) is 78.1 Å². The zero-order chi connectivity index (χ0) is 12.8. The Morgan fingerprint density at radius 2 is 1.39 bits per heavy atom. The molecule has 0 saturated heterocycles. The van der Waals surface area contributed by atoms with Gasteiger partial charge in [-0.1, -0.05) is 52.4 Å². The lowest BCUT2D eigenvalue weighted by Crippen LogP contribution is -2.32. The van der Waals surface area contributed by atoms with Gasteiger partial charge in [-0.15, -0.1) is 0 Å². The highest BCUT2D eigenvalue weighted by Gasteiger charge is 2.31. The first kappa shape index (κ1) is 14.4. The Kier molecular flexibility index (Phi) is 5.54. The van der Waals surface area contributed by atoms with Crippen LogP contribution in [-0.2, 0) is 4.74 Å². The van der Waals surface area contributed by atoms with Gasteiger partial charge in [-0.25, -0.2) is 0 Å². The highest BCUT2D eigenvalue weighted by Crippen LogP contribution is 2.38. The predicted octanol–water partition coefficient (Wildman–Crippen LogP) is 5.19. The zero-order valence-corrected chi connectivity index (χ0v) is 12.5. The maximum absolute atomic E-state index is 6.09. The summed E-state index contributed by atoms with van der Waals surface area (Å²) < 4.78 is 6.09. The molecule has 0 amide bonds. The fraction of sp³-hybridized carbons (Fsp3) is 1.00. The average molecular weight is 252 g/mol. The van der Waals surface area contributed by atoms with Gasteiger partial charge >= 0.3 is 0 Å². The molecule has 0 spiro atoms. The van der Waals surface area contributed by atoms with E-state index in [0.29, 0.717) is 5.41 Å². The molecule has 0 aromatic heterocycles. The lowest BCUT2D eigenvalue weighted by atomic mass is 9.71. The third-order valence-corrected chi connectivity index (χ3v) is 5.26. The van der Waals surface area contributed by atoms with E-state index in [1.54, 1.807) is 0 Å². The Balaban J connectivity index is 1.67. The van der Waals surface area contributed by atoms with Crippen molar-refractivity contribution in [3.05, 3.63) is 0 Å². The molecule has 0 aromatic rings. The molecule has 0 N–H and O–H groups in total. The van der Waals surface area contributed by atoms with Crippen molar-refractivity contribution in [1.82, 2.24) is 0 Å². The molecule has 0 aromatic carbocycles. The van der Waals surface area contributed by atoms with E-state index in [1.165, 1.54) is 64.2 Å². The van der Waals surface area contributed by atoms with Crippen LogP contribution in [0.15, 0.2) is 0 Å². The van der Waals surface area contributed by atoms with Crippen LogP contribution in [0.4, 0.5) is 0 Å². The Hall–Kier alpha value is -0.0400. The van der Waals surface area contributed by atoms with Gasteiger partial charge in [0.2, 0.25) is 0 Å². The minimum absolute atomic E-state index is 0.398. The maximum Gasteiger partial charge on any atom is 0.0519 e. The molecule has 1 nitrogen and oxygen atoms in total. The first-order chi connectivity index (χ1) is 8.68. The van der Waals surface area contributed by atoms with Crippen LogP contribution in [0.5, 0.6) is 0 Å². The summed E-state index contributed by atoms with van der Waals surface area (Å²) in [5.74, 6) is 1.76. The topological polar surface area (TPSA) is 9.23 Å². The smallest absolute Gasteiger partial charge is 0.0519 e. The van der Waals surface area contributed by atoms with Crippen LogP contribution in [0, 0.1) is 17.3 Å². The highest BCUT2D eigenvalue weighted by molar-refractivity contribution is 4.81. The molecule has 106 valence electrons. The van der Waals surface area contributed by atoms with Crippen molar-refractivity contribution in [3.8, 4) is 0 Å². The molecule has 2 saturated carbocycles. The van der Waals surface area contributed by atoms with Crippen molar-refractivity contribution in [2.75, 3.05) is 13.2 Å². The van der Waals surface area contributed by atoms with Crippen LogP contribution >= 0.6 is 0 Å². The monoisotopic (exact) mass is 252 g/mol. The normalized spacial score (nSPS) is 24.3. The van der Waals surface area contributed by atoms with Crippen molar-refractivity contribution in [2.45, 2.75) is 78.1 Å². The van der Waals surface area contributed by atoms with Gasteiger partial charge in [-0.05, 0) is 42.9 Å². The highest BCUT2D eigenvalue weighted by atomic mass is 16.5. The summed E-state index contributed by atoms with van der Waals surface area (Å²) >= 11 is 0. The molecule has 0 radical (unpaired) electrons. The second-order valence-electron chi connectivity index (χ2n) is 7.34. The molecular weight excluding hydrogens is 220 g/mol. The fourth-order valence-corrected chi connectivity index (χ4v) is 3.84. The summed E-state index contributed by atoms with van der Waals surface area (Å²) in [6, 6.07) is 0. The molecular formula is C17H32O. The van der Waals surface area contributed by atoms with E-state index in [0.717, 1.165) is 25.0 Å². The second kappa shape index (κ2) is 6.93. The Bertz CT molecular complexity index is 222. The van der Waals surface area contributed by atoms with Crippen LogP contribution in [-0.4, -0.2) is 13.2 Å². The predicted molar refractivity (Wildman–Crippen MR) is 77.8 cm³/mol. The number of rotatable bonds is 5. The van der Waals surface area contributed by atoms with Gasteiger partial charge in [0.05, 0.1) is 6.61 Å². The van der Waals surface area contributed by atoms with E-state index in [-0.39, 0.29) is 0 Å². The minimum atomic E-state index is 0.398. The van der Waals surface area contributed by atoms with Crippen molar-refractivity contribution in [3.63, 3.8) is 0 Å². The van der Waals surface area contributed by atoms with Crippen molar-refractivity contribution >= 4 is 0 Å². The minimum Gasteiger partial charge on any atom is -0.381 e. The summed E-state index contributed by atoms with van der Waals surface area (Å²) in [6.45, 7) is 6.85. The van der Waals surface area contributed by atoms with E-state index in [9.17, 15) is 0 Å². The summed E-state index contributed by atoms with van der Waals surface area (Å²) in [5.41, 5.74) is 0.398. The van der Waals surface area contributed by atoms with Gasteiger partial charge in [0.25, 0.3) is 0 Å². The van der Waals surface area contributed by atoms with Gasteiger partial charge in [0.1, 0.15) is 0 Å². The molecule has 2 aliphatic carbocycles. The largest absolute Gasteiger partial charge is 0.381 e. The summed E-state index contributed by atoms with van der Waals surface area (Å²) in [7, 11) is 0. The molecule has 2 rings (SSSR count). The van der Waals surface area contributed by atoms with Crippen LogP contribution in [0.3, 0.4) is 0 Å². The molecule has 0 unspecified atom stereocenters. The van der Waals surface area contributed by atoms with Crippen molar-refractivity contribution in [2.24, 2.45) is 17.3 Å². The first-order valence-corrected chi connectivity index (χ1v) is 8.26. The lowest BCUT2D eigenvalue weighted by molar-refractivity contribution is -0.00242. The molecule has 0 aliphatic heterocycles. The van der Waals surface area contributed by atoms with Gasteiger partial charge in [0.15, 0.2) is 0 Å². The van der Waals surface area contributed by atoms with Gasteiger partial charge < -0.3 is 4.74 Å². The average Bonchev–Trinajstić information content (AvgIpc) is 2.41. The molecule has 2 aliphatic rings. The quantitative estimate of drug-likeness (QED) is 0.654.